The Morgan fingerprint density at radius 2 is 1.78 bits per heavy atom. The monoisotopic (exact) mass is 329 g/mol. The summed E-state index contributed by atoms with van der Waals surface area (Å²) in [6.45, 7) is 7.69. The molecule has 0 saturated carbocycles. The average molecular weight is 329 g/mol. The van der Waals surface area contributed by atoms with E-state index in [4.69, 9.17) is 11.5 Å². The van der Waals surface area contributed by atoms with E-state index < -0.39 is 6.04 Å². The van der Waals surface area contributed by atoms with E-state index in [1.54, 1.807) is 0 Å². The molecule has 0 fully saturated rings. The van der Waals surface area contributed by atoms with Gasteiger partial charge in [0.1, 0.15) is 0 Å². The topological polar surface area (TPSA) is 113 Å². The molecule has 0 aromatic heterocycles. The van der Waals surface area contributed by atoms with Gasteiger partial charge in [-0.3, -0.25) is 9.59 Å². The maximum atomic E-state index is 11.8. The lowest BCUT2D eigenvalue weighted by atomic mass is 10.1. The second kappa shape index (κ2) is 13.3. The van der Waals surface area contributed by atoms with Crippen LogP contribution in [-0.2, 0) is 9.59 Å². The number of hydrogen-bond acceptors (Lipinski definition) is 5. The molecule has 0 bridgehead atoms. The van der Waals surface area contributed by atoms with E-state index in [0.717, 1.165) is 25.9 Å². The molecule has 1 atom stereocenters. The fraction of sp³-hybridized carbons (Fsp3) is 0.875. The second-order valence-corrected chi connectivity index (χ2v) is 6.41. The molecule has 0 radical (unpaired) electrons. The highest BCUT2D eigenvalue weighted by atomic mass is 16.2. The molecular weight excluding hydrogens is 294 g/mol. The number of carbonyl (C=O) groups is 2. The summed E-state index contributed by atoms with van der Waals surface area (Å²) in [6.07, 6.45) is 2.66. The Morgan fingerprint density at radius 1 is 1.09 bits per heavy atom. The summed E-state index contributed by atoms with van der Waals surface area (Å²) in [5.41, 5.74) is 11.3. The SMILES string of the molecule is CC(C)CCCNC(=O)[C@H](N)CCC(=O)NCCN(C)CCN. The van der Waals surface area contributed by atoms with E-state index in [9.17, 15) is 9.59 Å². The van der Waals surface area contributed by atoms with E-state index in [1.807, 2.05) is 7.05 Å². The fourth-order valence-corrected chi connectivity index (χ4v) is 2.08. The van der Waals surface area contributed by atoms with Crippen molar-refractivity contribution in [3.05, 3.63) is 0 Å². The minimum absolute atomic E-state index is 0.0748. The zero-order chi connectivity index (χ0) is 17.7. The van der Waals surface area contributed by atoms with Gasteiger partial charge in [0.25, 0.3) is 0 Å². The maximum Gasteiger partial charge on any atom is 0.236 e. The summed E-state index contributed by atoms with van der Waals surface area (Å²) in [7, 11) is 1.96. The average Bonchev–Trinajstić information content (AvgIpc) is 2.49. The van der Waals surface area contributed by atoms with Crippen molar-refractivity contribution in [3.8, 4) is 0 Å². The van der Waals surface area contributed by atoms with Crippen molar-refractivity contribution < 1.29 is 9.59 Å². The van der Waals surface area contributed by atoms with Gasteiger partial charge in [-0.25, -0.2) is 0 Å². The first-order valence-electron chi connectivity index (χ1n) is 8.55. The van der Waals surface area contributed by atoms with Gasteiger partial charge in [-0.2, -0.15) is 0 Å². The lowest BCUT2D eigenvalue weighted by molar-refractivity contribution is -0.123. The highest BCUT2D eigenvalue weighted by Gasteiger charge is 2.14. The first-order valence-corrected chi connectivity index (χ1v) is 8.55. The molecule has 6 N–H and O–H groups in total. The highest BCUT2D eigenvalue weighted by molar-refractivity contribution is 5.82. The molecule has 0 rings (SSSR count). The van der Waals surface area contributed by atoms with Crippen molar-refractivity contribution in [3.63, 3.8) is 0 Å². The van der Waals surface area contributed by atoms with Crippen LogP contribution in [0.4, 0.5) is 0 Å². The molecule has 0 saturated heterocycles. The third-order valence-electron chi connectivity index (χ3n) is 3.60. The number of hydrogen-bond donors (Lipinski definition) is 4. The molecule has 2 amide bonds. The van der Waals surface area contributed by atoms with Crippen LogP contribution in [0.2, 0.25) is 0 Å². The summed E-state index contributed by atoms with van der Waals surface area (Å²) < 4.78 is 0. The number of nitrogens with two attached hydrogens (primary N) is 2. The number of likely N-dealkylation sites (N-methyl/N-ethyl adjacent to an activating group) is 1. The van der Waals surface area contributed by atoms with Crippen LogP contribution < -0.4 is 22.1 Å². The van der Waals surface area contributed by atoms with Crippen molar-refractivity contribution in [2.45, 2.75) is 45.6 Å². The van der Waals surface area contributed by atoms with Gasteiger partial charge in [0, 0.05) is 39.1 Å². The van der Waals surface area contributed by atoms with E-state index in [2.05, 4.69) is 29.4 Å². The maximum absolute atomic E-state index is 11.8. The Hall–Kier alpha value is -1.18. The molecule has 0 aliphatic heterocycles. The Bertz CT molecular complexity index is 336. The summed E-state index contributed by atoms with van der Waals surface area (Å²) in [5.74, 6) is 0.381. The fourth-order valence-electron chi connectivity index (χ4n) is 2.08. The minimum Gasteiger partial charge on any atom is -0.355 e. The van der Waals surface area contributed by atoms with Crippen LogP contribution >= 0.6 is 0 Å². The van der Waals surface area contributed by atoms with Crippen molar-refractivity contribution in [1.29, 1.82) is 0 Å². The zero-order valence-corrected chi connectivity index (χ0v) is 14.9. The molecule has 23 heavy (non-hydrogen) atoms. The van der Waals surface area contributed by atoms with Crippen LogP contribution in [0.5, 0.6) is 0 Å². The summed E-state index contributed by atoms with van der Waals surface area (Å²) in [6, 6.07) is -0.625. The first kappa shape index (κ1) is 21.8. The van der Waals surface area contributed by atoms with Crippen LogP contribution in [0, 0.1) is 5.92 Å². The smallest absolute Gasteiger partial charge is 0.236 e. The number of nitrogens with zero attached hydrogens (tertiary/aromatic N) is 1. The van der Waals surface area contributed by atoms with Gasteiger partial charge >= 0.3 is 0 Å². The normalized spacial score (nSPS) is 12.5. The molecule has 0 aromatic carbocycles. The van der Waals surface area contributed by atoms with Crippen LogP contribution in [0.1, 0.15) is 39.5 Å². The molecule has 0 aliphatic rings. The van der Waals surface area contributed by atoms with Gasteiger partial charge in [-0.15, -0.1) is 0 Å². The van der Waals surface area contributed by atoms with Gasteiger partial charge in [-0.05, 0) is 32.2 Å². The molecule has 136 valence electrons. The lowest BCUT2D eigenvalue weighted by Crippen LogP contribution is -2.42. The largest absolute Gasteiger partial charge is 0.355 e. The molecular formula is C16H35N5O2. The zero-order valence-electron chi connectivity index (χ0n) is 14.9. The third kappa shape index (κ3) is 13.0. The van der Waals surface area contributed by atoms with E-state index in [1.165, 1.54) is 0 Å². The third-order valence-corrected chi connectivity index (χ3v) is 3.60. The van der Waals surface area contributed by atoms with Gasteiger partial charge in [-0.1, -0.05) is 13.8 Å². The summed E-state index contributed by atoms with van der Waals surface area (Å²) in [5, 5.41) is 5.64. The van der Waals surface area contributed by atoms with E-state index in [-0.39, 0.29) is 18.2 Å². The minimum atomic E-state index is -0.625. The number of carbonyl (C=O) groups excluding carboxylic acids is 2. The van der Waals surface area contributed by atoms with Crippen molar-refractivity contribution in [2.75, 3.05) is 39.8 Å². The van der Waals surface area contributed by atoms with Crippen LogP contribution in [0.3, 0.4) is 0 Å². The number of nitrogens with one attached hydrogen (secondary N) is 2. The van der Waals surface area contributed by atoms with Crippen molar-refractivity contribution in [2.24, 2.45) is 17.4 Å². The molecule has 7 heteroatoms. The Balaban J connectivity index is 3.71. The van der Waals surface area contributed by atoms with Gasteiger partial charge in [0.2, 0.25) is 11.8 Å². The number of amides is 2. The molecule has 7 nitrogen and oxygen atoms in total. The molecule has 0 spiro atoms. The number of rotatable bonds is 13. The van der Waals surface area contributed by atoms with Gasteiger partial charge < -0.3 is 27.0 Å². The molecule has 0 aromatic rings. The Labute approximate surface area is 140 Å². The van der Waals surface area contributed by atoms with E-state index in [0.29, 0.717) is 32.0 Å². The predicted octanol–water partition coefficient (Wildman–Crippen LogP) is -0.347. The van der Waals surface area contributed by atoms with Gasteiger partial charge in [0.05, 0.1) is 6.04 Å². The molecule has 0 aliphatic carbocycles. The first-order chi connectivity index (χ1) is 10.9. The standard InChI is InChI=1S/C16H35N5O2/c1-13(2)5-4-9-20-16(23)14(18)6-7-15(22)19-10-12-21(3)11-8-17/h13-14H,4-12,17-18H2,1-3H3,(H,19,22)(H,20,23)/t14-/m1/s1. The van der Waals surface area contributed by atoms with Gasteiger partial charge in [0.15, 0.2) is 0 Å². The van der Waals surface area contributed by atoms with Crippen LogP contribution in [0.25, 0.3) is 0 Å². The second-order valence-electron chi connectivity index (χ2n) is 6.41. The quantitative estimate of drug-likeness (QED) is 0.345. The summed E-state index contributed by atoms with van der Waals surface area (Å²) >= 11 is 0. The predicted molar refractivity (Wildman–Crippen MR) is 93.9 cm³/mol. The molecule has 0 unspecified atom stereocenters. The van der Waals surface area contributed by atoms with Crippen molar-refractivity contribution >= 4 is 11.8 Å². The van der Waals surface area contributed by atoms with Crippen molar-refractivity contribution in [1.82, 2.24) is 15.5 Å². The highest BCUT2D eigenvalue weighted by Crippen LogP contribution is 2.02. The van der Waals surface area contributed by atoms with Crippen LogP contribution in [0.15, 0.2) is 0 Å². The Morgan fingerprint density at radius 3 is 2.39 bits per heavy atom. The van der Waals surface area contributed by atoms with E-state index >= 15 is 0 Å². The van der Waals surface area contributed by atoms with Crippen LogP contribution in [-0.4, -0.2) is 62.5 Å². The Kier molecular flexibility index (Phi) is 12.6. The lowest BCUT2D eigenvalue weighted by Gasteiger charge is -2.16. The summed E-state index contributed by atoms with van der Waals surface area (Å²) in [4.78, 5) is 25.5. The molecule has 0 heterocycles.